The summed E-state index contributed by atoms with van der Waals surface area (Å²) in [4.78, 5) is 17.1. The Kier molecular flexibility index (Phi) is 13.4. The largest absolute Gasteiger partial charge is 0.369 e. The Labute approximate surface area is 237 Å². The Morgan fingerprint density at radius 1 is 0.833 bits per heavy atom. The van der Waals surface area contributed by atoms with E-state index in [-0.39, 0.29) is 17.9 Å². The van der Waals surface area contributed by atoms with Crippen LogP contribution in [0.25, 0.3) is 0 Å². The maximum absolute atomic E-state index is 6.05. The van der Waals surface area contributed by atoms with Gasteiger partial charge < -0.3 is 22.5 Å². The van der Waals surface area contributed by atoms with Crippen molar-refractivity contribution in [1.29, 1.82) is 0 Å². The Morgan fingerprint density at radius 2 is 1.39 bits per heavy atom. The zero-order chi connectivity index (χ0) is 26.3. The Hall–Kier alpha value is -2.54. The van der Waals surface area contributed by atoms with Crippen LogP contribution in [-0.4, -0.2) is 40.9 Å². The lowest BCUT2D eigenvalue weighted by atomic mass is 10.2. The third-order valence-corrected chi connectivity index (χ3v) is 6.05. The summed E-state index contributed by atoms with van der Waals surface area (Å²) >= 11 is 18.3. The van der Waals surface area contributed by atoms with E-state index in [1.54, 1.807) is 48.5 Å². The molecule has 0 spiro atoms. The molecule has 0 amide bonds. The number of aliphatic imine (C=N–C) groups is 4. The van der Waals surface area contributed by atoms with Crippen molar-refractivity contribution in [2.75, 3.05) is 18.4 Å². The summed E-state index contributed by atoms with van der Waals surface area (Å²) in [5, 5.41) is 4.19. The number of hydrogen-bond acceptors (Lipinski definition) is 3. The minimum atomic E-state index is 0.127. The molecular weight excluding hydrogens is 635 g/mol. The quantitative estimate of drug-likeness (QED) is 0.109. The minimum absolute atomic E-state index is 0.127. The van der Waals surface area contributed by atoms with Gasteiger partial charge in [0.15, 0.2) is 0 Å². The summed E-state index contributed by atoms with van der Waals surface area (Å²) in [6, 6.07) is 14.1. The Balaban J connectivity index is 1.69. The number of hydrogen-bond donors (Lipinski definition) is 5. The first-order valence-electron chi connectivity index (χ1n) is 10.9. The summed E-state index contributed by atoms with van der Waals surface area (Å²) in [7, 11) is 0. The number of anilines is 1. The molecule has 10 nitrogen and oxygen atoms in total. The molecule has 0 heterocycles. The highest BCUT2D eigenvalue weighted by atomic mass is 79.9. The van der Waals surface area contributed by atoms with Gasteiger partial charge in [0, 0.05) is 45.0 Å². The number of nitrogens with two attached hydrogens (primary N) is 3. The van der Waals surface area contributed by atoms with E-state index < -0.39 is 0 Å². The number of guanidine groups is 4. The van der Waals surface area contributed by atoms with E-state index >= 15 is 0 Å². The molecule has 8 N–H and O–H groups in total. The van der Waals surface area contributed by atoms with Gasteiger partial charge in [-0.25, -0.2) is 8.92 Å². The summed E-state index contributed by atoms with van der Waals surface area (Å²) in [5.41, 5.74) is 19.2. The summed E-state index contributed by atoms with van der Waals surface area (Å²) in [6.07, 6.45) is 3.72. The van der Waals surface area contributed by atoms with E-state index in [1.807, 2.05) is 0 Å². The molecule has 2 aromatic rings. The Bertz CT molecular complexity index is 1070. The van der Waals surface area contributed by atoms with Crippen LogP contribution in [0.4, 0.5) is 11.4 Å². The van der Waals surface area contributed by atoms with E-state index in [9.17, 15) is 0 Å². The molecule has 2 aromatic carbocycles. The van der Waals surface area contributed by atoms with Crippen LogP contribution in [0.5, 0.6) is 0 Å². The van der Waals surface area contributed by atoms with Gasteiger partial charge in [-0.1, -0.05) is 36.0 Å². The lowest BCUT2D eigenvalue weighted by Gasteiger charge is -2.16. The van der Waals surface area contributed by atoms with Gasteiger partial charge in [-0.3, -0.25) is 14.3 Å². The molecule has 0 radical (unpaired) electrons. The van der Waals surface area contributed by atoms with Gasteiger partial charge in [0.1, 0.15) is 0 Å². The van der Waals surface area contributed by atoms with Crippen molar-refractivity contribution in [3.05, 3.63) is 58.6 Å². The SMILES string of the molecule is NC(=NCCCCCCN=C(NBr)N(Br)C(N)=Nc1ccc(Cl)cc1)N=C(N)Nc1ccc(Cl)cc1. The number of unbranched alkanes of at least 4 members (excludes halogenated alkanes) is 3. The highest BCUT2D eigenvalue weighted by Crippen LogP contribution is 2.17. The van der Waals surface area contributed by atoms with Crippen molar-refractivity contribution in [3.8, 4) is 0 Å². The zero-order valence-electron chi connectivity index (χ0n) is 19.3. The van der Waals surface area contributed by atoms with Crippen LogP contribution in [0.15, 0.2) is 68.5 Å². The van der Waals surface area contributed by atoms with Crippen molar-refractivity contribution >= 4 is 90.7 Å². The molecule has 2 rings (SSSR count). The lowest BCUT2D eigenvalue weighted by molar-refractivity contribution is 0.652. The first-order valence-corrected chi connectivity index (χ1v) is 13.2. The zero-order valence-corrected chi connectivity index (χ0v) is 24.0. The summed E-state index contributed by atoms with van der Waals surface area (Å²) in [5.74, 6) is 0.976. The number of nitrogens with zero attached hydrogens (tertiary/aromatic N) is 5. The molecule has 194 valence electrons. The van der Waals surface area contributed by atoms with Crippen molar-refractivity contribution in [2.24, 2.45) is 37.2 Å². The second-order valence-corrected chi connectivity index (χ2v) is 9.29. The fourth-order valence-electron chi connectivity index (χ4n) is 2.75. The molecule has 0 atom stereocenters. The van der Waals surface area contributed by atoms with Crippen molar-refractivity contribution < 1.29 is 0 Å². The van der Waals surface area contributed by atoms with Gasteiger partial charge in [0.05, 0.1) is 21.8 Å². The van der Waals surface area contributed by atoms with Gasteiger partial charge >= 0.3 is 0 Å². The molecular formula is C22H28Br2Cl2N10. The molecule has 0 aliphatic carbocycles. The standard InChI is InChI=1S/C22H28Br2Cl2N10/c23-35-22(36(24)21(29)33-18-11-7-16(26)8-12-18)31-14-4-2-1-3-13-30-19(27)34-20(28)32-17-9-5-15(25)6-10-17/h5-12H,1-4,13-14H2,(H2,29,33)(H,31,35)(H5,27,28,30,32,34). The van der Waals surface area contributed by atoms with Gasteiger partial charge in [0.25, 0.3) is 0 Å². The highest BCUT2D eigenvalue weighted by Gasteiger charge is 2.11. The van der Waals surface area contributed by atoms with Gasteiger partial charge in [-0.15, -0.1) is 0 Å². The minimum Gasteiger partial charge on any atom is -0.369 e. The molecule has 0 fully saturated rings. The van der Waals surface area contributed by atoms with Gasteiger partial charge in [0.2, 0.25) is 23.8 Å². The molecule has 14 heteroatoms. The topological polar surface area (TPSA) is 155 Å². The number of nitrogens with one attached hydrogen (secondary N) is 2. The molecule has 0 unspecified atom stereocenters. The monoisotopic (exact) mass is 660 g/mol. The van der Waals surface area contributed by atoms with E-state index in [4.69, 9.17) is 40.4 Å². The molecule has 0 bridgehead atoms. The summed E-state index contributed by atoms with van der Waals surface area (Å²) < 4.78 is 4.30. The van der Waals surface area contributed by atoms with Crippen LogP contribution >= 0.6 is 55.5 Å². The molecule has 0 saturated carbocycles. The van der Waals surface area contributed by atoms with E-state index in [1.165, 1.54) is 3.93 Å². The van der Waals surface area contributed by atoms with Crippen molar-refractivity contribution in [2.45, 2.75) is 25.7 Å². The molecule has 36 heavy (non-hydrogen) atoms. The molecule has 0 aromatic heterocycles. The van der Waals surface area contributed by atoms with Gasteiger partial charge in [-0.2, -0.15) is 4.99 Å². The molecule has 0 aliphatic rings. The lowest BCUT2D eigenvalue weighted by Crippen LogP contribution is -2.39. The fourth-order valence-corrected chi connectivity index (χ4v) is 3.83. The molecule has 0 aliphatic heterocycles. The smallest absolute Gasteiger partial charge is 0.221 e. The second kappa shape index (κ2) is 16.3. The van der Waals surface area contributed by atoms with Gasteiger partial charge in [-0.05, 0) is 61.4 Å². The van der Waals surface area contributed by atoms with E-state index in [2.05, 4.69) is 61.9 Å². The average molecular weight is 663 g/mol. The highest BCUT2D eigenvalue weighted by molar-refractivity contribution is 9.08. The van der Waals surface area contributed by atoms with Crippen LogP contribution in [0.2, 0.25) is 10.0 Å². The number of benzene rings is 2. The maximum atomic E-state index is 6.05. The first-order chi connectivity index (χ1) is 17.3. The summed E-state index contributed by atoms with van der Waals surface area (Å²) in [6.45, 7) is 1.17. The van der Waals surface area contributed by atoms with Crippen molar-refractivity contribution in [3.63, 3.8) is 0 Å². The van der Waals surface area contributed by atoms with Crippen LogP contribution in [0, 0.1) is 0 Å². The number of halogens is 4. The average Bonchev–Trinajstić information content (AvgIpc) is 2.85. The predicted octanol–water partition coefficient (Wildman–Crippen LogP) is 5.11. The second-order valence-electron chi connectivity index (χ2n) is 7.31. The maximum Gasteiger partial charge on any atom is 0.221 e. The van der Waals surface area contributed by atoms with Crippen molar-refractivity contribution in [1.82, 2.24) is 8.27 Å². The first kappa shape index (κ1) is 29.7. The van der Waals surface area contributed by atoms with E-state index in [0.29, 0.717) is 34.8 Å². The van der Waals surface area contributed by atoms with E-state index in [0.717, 1.165) is 31.4 Å². The van der Waals surface area contributed by atoms with Crippen LogP contribution in [0.3, 0.4) is 0 Å². The molecule has 0 saturated heterocycles. The van der Waals surface area contributed by atoms with Crippen LogP contribution < -0.4 is 26.9 Å². The normalized spacial score (nSPS) is 13.0. The third-order valence-electron chi connectivity index (χ3n) is 4.50. The number of rotatable bonds is 9. The predicted molar refractivity (Wildman–Crippen MR) is 160 cm³/mol. The van der Waals surface area contributed by atoms with Crippen LogP contribution in [0.1, 0.15) is 25.7 Å². The third kappa shape index (κ3) is 11.5. The van der Waals surface area contributed by atoms with Crippen LogP contribution in [-0.2, 0) is 0 Å². The Morgan fingerprint density at radius 3 is 1.97 bits per heavy atom. The fraction of sp³-hybridized carbons (Fsp3) is 0.273.